The molecule has 1 amide bonds. The second-order valence-electron chi connectivity index (χ2n) is 7.97. The number of rotatable bonds is 9. The number of esters is 1. The van der Waals surface area contributed by atoms with E-state index >= 15 is 0 Å². The van der Waals surface area contributed by atoms with Gasteiger partial charge in [0.25, 0.3) is 5.91 Å². The molecule has 0 aliphatic carbocycles. The Hall–Kier alpha value is -2.55. The van der Waals surface area contributed by atoms with Crippen LogP contribution in [0.4, 0.5) is 5.82 Å². The standard InChI is InChI=1S/C23H32N4O4S/c1-5-11-26(4)20-13-16(3)24-23(25-20)32-15-18-9-10-19(31-18)21(28)27-12-7-8-17(14-27)22(29)30-6-2/h9-10,13,17H,5-8,11-12,14-15H2,1-4H3. The molecule has 2 aromatic heterocycles. The van der Waals surface area contributed by atoms with Gasteiger partial charge in [-0.2, -0.15) is 0 Å². The van der Waals surface area contributed by atoms with Gasteiger partial charge in [-0.25, -0.2) is 9.97 Å². The Balaban J connectivity index is 1.60. The number of thioether (sulfide) groups is 1. The number of nitrogens with zero attached hydrogens (tertiary/aromatic N) is 4. The van der Waals surface area contributed by atoms with Crippen molar-refractivity contribution >= 4 is 29.5 Å². The number of hydrogen-bond acceptors (Lipinski definition) is 8. The molecule has 1 atom stereocenters. The molecule has 0 aromatic carbocycles. The van der Waals surface area contributed by atoms with Crippen molar-refractivity contribution in [3.8, 4) is 0 Å². The topological polar surface area (TPSA) is 88.8 Å². The van der Waals surface area contributed by atoms with Gasteiger partial charge in [0.2, 0.25) is 0 Å². The Morgan fingerprint density at radius 1 is 1.31 bits per heavy atom. The van der Waals surface area contributed by atoms with Crippen molar-refractivity contribution in [2.45, 2.75) is 50.9 Å². The number of anilines is 1. The van der Waals surface area contributed by atoms with Crippen molar-refractivity contribution in [2.75, 3.05) is 38.2 Å². The summed E-state index contributed by atoms with van der Waals surface area (Å²) >= 11 is 1.48. The maximum Gasteiger partial charge on any atom is 0.310 e. The molecule has 32 heavy (non-hydrogen) atoms. The Bertz CT molecular complexity index is 932. The second-order valence-corrected chi connectivity index (χ2v) is 8.91. The number of likely N-dealkylation sites (tertiary alicyclic amines) is 1. The number of piperidine rings is 1. The molecule has 1 unspecified atom stereocenters. The minimum absolute atomic E-state index is 0.189. The van der Waals surface area contributed by atoms with E-state index in [1.807, 2.05) is 26.1 Å². The smallest absolute Gasteiger partial charge is 0.310 e. The highest BCUT2D eigenvalue weighted by Crippen LogP contribution is 2.25. The van der Waals surface area contributed by atoms with Gasteiger partial charge in [0, 0.05) is 38.4 Å². The van der Waals surface area contributed by atoms with Gasteiger partial charge in [0.1, 0.15) is 11.6 Å². The Labute approximate surface area is 193 Å². The van der Waals surface area contributed by atoms with Crippen molar-refractivity contribution in [1.82, 2.24) is 14.9 Å². The Kier molecular flexibility index (Phi) is 8.55. The van der Waals surface area contributed by atoms with Crippen LogP contribution in [0.1, 0.15) is 55.1 Å². The van der Waals surface area contributed by atoms with Gasteiger partial charge in [-0.05, 0) is 45.2 Å². The lowest BCUT2D eigenvalue weighted by Gasteiger charge is -2.30. The summed E-state index contributed by atoms with van der Waals surface area (Å²) < 4.78 is 10.9. The zero-order valence-electron chi connectivity index (χ0n) is 19.3. The van der Waals surface area contributed by atoms with E-state index < -0.39 is 0 Å². The van der Waals surface area contributed by atoms with Crippen molar-refractivity contribution in [1.29, 1.82) is 0 Å². The van der Waals surface area contributed by atoms with Crippen LogP contribution < -0.4 is 4.90 Å². The largest absolute Gasteiger partial charge is 0.466 e. The summed E-state index contributed by atoms with van der Waals surface area (Å²) in [7, 11) is 2.03. The van der Waals surface area contributed by atoms with Gasteiger partial charge in [-0.1, -0.05) is 18.7 Å². The van der Waals surface area contributed by atoms with Crippen LogP contribution in [0.15, 0.2) is 27.8 Å². The highest BCUT2D eigenvalue weighted by atomic mass is 32.2. The molecule has 8 nitrogen and oxygen atoms in total. The fourth-order valence-corrected chi connectivity index (χ4v) is 4.50. The van der Waals surface area contributed by atoms with Crippen LogP contribution in [-0.2, 0) is 15.3 Å². The lowest BCUT2D eigenvalue weighted by atomic mass is 9.98. The first kappa shape index (κ1) is 24.1. The molecule has 0 saturated carbocycles. The number of aryl methyl sites for hydroxylation is 1. The monoisotopic (exact) mass is 460 g/mol. The average Bonchev–Trinajstić information content (AvgIpc) is 3.26. The molecule has 1 aliphatic rings. The maximum atomic E-state index is 12.9. The molecule has 0 spiro atoms. The van der Waals surface area contributed by atoms with E-state index in [1.165, 1.54) is 11.8 Å². The van der Waals surface area contributed by atoms with Gasteiger partial charge in [-0.15, -0.1) is 0 Å². The van der Waals surface area contributed by atoms with Gasteiger partial charge >= 0.3 is 5.97 Å². The Morgan fingerprint density at radius 3 is 2.88 bits per heavy atom. The predicted octanol–water partition coefficient (Wildman–Crippen LogP) is 3.93. The molecule has 0 bridgehead atoms. The molecule has 1 fully saturated rings. The fourth-order valence-electron chi connectivity index (χ4n) is 3.71. The molecule has 0 radical (unpaired) electrons. The number of carbonyl (C=O) groups excluding carboxylic acids is 2. The summed E-state index contributed by atoms with van der Waals surface area (Å²) in [5, 5.41) is 0.681. The number of ether oxygens (including phenoxy) is 1. The number of aromatic nitrogens is 2. The van der Waals surface area contributed by atoms with Crippen molar-refractivity contribution in [3.63, 3.8) is 0 Å². The quantitative estimate of drug-likeness (QED) is 0.316. The van der Waals surface area contributed by atoms with Crippen LogP contribution in [0.25, 0.3) is 0 Å². The molecule has 1 saturated heterocycles. The first-order valence-corrected chi connectivity index (χ1v) is 12.1. The highest BCUT2D eigenvalue weighted by molar-refractivity contribution is 7.98. The third-order valence-electron chi connectivity index (χ3n) is 5.31. The number of carbonyl (C=O) groups is 2. The lowest BCUT2D eigenvalue weighted by Crippen LogP contribution is -2.42. The molecule has 0 N–H and O–H groups in total. The molecule has 3 rings (SSSR count). The van der Waals surface area contributed by atoms with Gasteiger partial charge in [0.15, 0.2) is 10.9 Å². The van der Waals surface area contributed by atoms with Gasteiger partial charge in [-0.3, -0.25) is 9.59 Å². The van der Waals surface area contributed by atoms with Crippen LogP contribution in [0.2, 0.25) is 0 Å². The van der Waals surface area contributed by atoms with E-state index in [9.17, 15) is 9.59 Å². The summed E-state index contributed by atoms with van der Waals surface area (Å²) in [4.78, 5) is 37.9. The Morgan fingerprint density at radius 2 is 2.12 bits per heavy atom. The molecule has 174 valence electrons. The zero-order valence-corrected chi connectivity index (χ0v) is 20.1. The maximum absolute atomic E-state index is 12.9. The van der Waals surface area contributed by atoms with Crippen LogP contribution >= 0.6 is 11.8 Å². The molecular weight excluding hydrogens is 428 g/mol. The van der Waals surface area contributed by atoms with Crippen molar-refractivity contribution < 1.29 is 18.7 Å². The predicted molar refractivity (Wildman–Crippen MR) is 124 cm³/mol. The van der Waals surface area contributed by atoms with E-state index in [0.717, 1.165) is 37.3 Å². The first-order chi connectivity index (χ1) is 15.4. The SMILES string of the molecule is CCCN(C)c1cc(C)nc(SCc2ccc(C(=O)N3CCCC(C(=O)OCC)C3)o2)n1. The first-order valence-electron chi connectivity index (χ1n) is 11.2. The average molecular weight is 461 g/mol. The van der Waals surface area contributed by atoms with Crippen LogP contribution in [0.5, 0.6) is 0 Å². The van der Waals surface area contributed by atoms with E-state index in [4.69, 9.17) is 9.15 Å². The van der Waals surface area contributed by atoms with Crippen LogP contribution in [0.3, 0.4) is 0 Å². The highest BCUT2D eigenvalue weighted by Gasteiger charge is 2.30. The summed E-state index contributed by atoms with van der Waals surface area (Å²) in [5.74, 6) is 1.72. The molecule has 1 aliphatic heterocycles. The van der Waals surface area contributed by atoms with E-state index in [-0.39, 0.29) is 17.8 Å². The van der Waals surface area contributed by atoms with Crippen LogP contribution in [0, 0.1) is 12.8 Å². The molecule has 2 aromatic rings. The summed E-state index contributed by atoms with van der Waals surface area (Å²) in [6, 6.07) is 5.49. The molecular formula is C23H32N4O4S. The van der Waals surface area contributed by atoms with Crippen molar-refractivity contribution in [3.05, 3.63) is 35.4 Å². The fraction of sp³-hybridized carbons (Fsp3) is 0.565. The van der Waals surface area contributed by atoms with Crippen molar-refractivity contribution in [2.24, 2.45) is 5.92 Å². The van der Waals surface area contributed by atoms with E-state index in [2.05, 4.69) is 21.8 Å². The minimum Gasteiger partial charge on any atom is -0.466 e. The summed E-state index contributed by atoms with van der Waals surface area (Å²) in [6.07, 6.45) is 2.56. The second kappa shape index (κ2) is 11.4. The summed E-state index contributed by atoms with van der Waals surface area (Å²) in [6.45, 7) is 8.15. The number of furan rings is 1. The minimum atomic E-state index is -0.267. The van der Waals surface area contributed by atoms with E-state index in [0.29, 0.717) is 42.1 Å². The number of hydrogen-bond donors (Lipinski definition) is 0. The molecule has 3 heterocycles. The van der Waals surface area contributed by atoms with Crippen LogP contribution in [-0.4, -0.2) is 60.0 Å². The third-order valence-corrected chi connectivity index (χ3v) is 6.18. The lowest BCUT2D eigenvalue weighted by molar-refractivity contribution is -0.149. The number of amides is 1. The third kappa shape index (κ3) is 6.25. The normalized spacial score (nSPS) is 16.1. The summed E-state index contributed by atoms with van der Waals surface area (Å²) in [5.41, 5.74) is 0.914. The van der Waals surface area contributed by atoms with E-state index in [1.54, 1.807) is 17.9 Å². The van der Waals surface area contributed by atoms with Gasteiger partial charge < -0.3 is 19.0 Å². The van der Waals surface area contributed by atoms with Gasteiger partial charge in [0.05, 0.1) is 18.3 Å². The zero-order chi connectivity index (χ0) is 23.1. The molecule has 9 heteroatoms.